The molecule has 1 N–H and O–H groups in total. The largest absolute Gasteiger partial charge is 0.481 e. The van der Waals surface area contributed by atoms with Gasteiger partial charge in [0.05, 0.1) is 0 Å². The fourth-order valence-electron chi connectivity index (χ4n) is 3.55. The smallest absolute Gasteiger partial charge is 0.260 e. The van der Waals surface area contributed by atoms with Crippen molar-refractivity contribution in [1.29, 1.82) is 0 Å². The molecule has 4 heteroatoms. The molecule has 0 spiro atoms. The van der Waals surface area contributed by atoms with Gasteiger partial charge in [-0.05, 0) is 68.9 Å². The Kier molecular flexibility index (Phi) is 6.38. The lowest BCUT2D eigenvalue weighted by atomic mass is 10.0. The zero-order valence-electron chi connectivity index (χ0n) is 16.6. The zero-order chi connectivity index (χ0) is 19.2. The minimum Gasteiger partial charge on any atom is -0.481 e. The van der Waals surface area contributed by atoms with E-state index in [-0.39, 0.29) is 5.91 Å². The van der Waals surface area contributed by atoms with Gasteiger partial charge in [-0.1, -0.05) is 30.3 Å². The second kappa shape index (κ2) is 8.94. The van der Waals surface area contributed by atoms with E-state index in [0.29, 0.717) is 6.54 Å². The number of benzene rings is 2. The first-order chi connectivity index (χ1) is 13.0. The van der Waals surface area contributed by atoms with E-state index in [0.717, 1.165) is 42.8 Å². The van der Waals surface area contributed by atoms with Gasteiger partial charge in [0.1, 0.15) is 5.75 Å². The molecule has 3 rings (SSSR count). The number of anilines is 1. The third-order valence-corrected chi connectivity index (χ3v) is 5.13. The molecule has 0 radical (unpaired) electrons. The van der Waals surface area contributed by atoms with Crippen LogP contribution >= 0.6 is 0 Å². The number of nitrogens with zero attached hydrogens (tertiary/aromatic N) is 1. The molecule has 0 aromatic heterocycles. The average Bonchev–Trinajstić information content (AvgIpc) is 2.68. The maximum atomic E-state index is 12.3. The summed E-state index contributed by atoms with van der Waals surface area (Å²) >= 11 is 0. The van der Waals surface area contributed by atoms with Crippen LogP contribution < -0.4 is 15.0 Å². The number of amides is 1. The van der Waals surface area contributed by atoms with Crippen molar-refractivity contribution in [3.63, 3.8) is 0 Å². The predicted octanol–water partition coefficient (Wildman–Crippen LogP) is 4.03. The number of fused-ring (bicyclic) bond motifs is 1. The molecule has 1 heterocycles. The third-order valence-electron chi connectivity index (χ3n) is 5.13. The second-order valence-electron chi connectivity index (χ2n) is 7.39. The molecule has 2 aromatic carbocycles. The van der Waals surface area contributed by atoms with Crippen LogP contribution in [-0.2, 0) is 11.2 Å². The SMILES string of the molecule is Cc1ccc(C)c(OC(C)C(=O)NCCCN2CCCc3ccccc32)c1. The molecule has 1 aliphatic heterocycles. The molecular weight excluding hydrogens is 336 g/mol. The number of nitrogens with one attached hydrogen (secondary N) is 1. The van der Waals surface area contributed by atoms with Crippen molar-refractivity contribution >= 4 is 11.6 Å². The molecule has 1 aliphatic rings. The Labute approximate surface area is 162 Å². The molecule has 2 aromatic rings. The Hall–Kier alpha value is -2.49. The maximum absolute atomic E-state index is 12.3. The van der Waals surface area contributed by atoms with Crippen LogP contribution in [0.3, 0.4) is 0 Å². The van der Waals surface area contributed by atoms with Crippen LogP contribution in [0, 0.1) is 13.8 Å². The monoisotopic (exact) mass is 366 g/mol. The lowest BCUT2D eigenvalue weighted by molar-refractivity contribution is -0.127. The number of hydrogen-bond acceptors (Lipinski definition) is 3. The number of para-hydroxylation sites is 1. The van der Waals surface area contributed by atoms with E-state index in [2.05, 4.69) is 34.5 Å². The molecule has 1 atom stereocenters. The van der Waals surface area contributed by atoms with Crippen molar-refractivity contribution in [2.75, 3.05) is 24.5 Å². The fraction of sp³-hybridized carbons (Fsp3) is 0.435. The minimum absolute atomic E-state index is 0.0602. The third kappa shape index (κ3) is 5.03. The first-order valence-corrected chi connectivity index (χ1v) is 9.89. The van der Waals surface area contributed by atoms with Gasteiger partial charge in [-0.25, -0.2) is 0 Å². The number of carbonyl (C=O) groups is 1. The normalized spacial score (nSPS) is 14.4. The van der Waals surface area contributed by atoms with Crippen molar-refractivity contribution in [3.8, 4) is 5.75 Å². The molecule has 0 fully saturated rings. The summed E-state index contributed by atoms with van der Waals surface area (Å²) in [7, 11) is 0. The van der Waals surface area contributed by atoms with Crippen molar-refractivity contribution in [1.82, 2.24) is 5.32 Å². The van der Waals surface area contributed by atoms with Crippen LogP contribution in [-0.4, -0.2) is 31.6 Å². The molecule has 0 saturated heterocycles. The Balaban J connectivity index is 1.44. The first-order valence-electron chi connectivity index (χ1n) is 9.89. The summed E-state index contributed by atoms with van der Waals surface area (Å²) in [6.45, 7) is 8.54. The lowest BCUT2D eigenvalue weighted by Crippen LogP contribution is -2.38. The molecular formula is C23H30N2O2. The molecule has 0 bridgehead atoms. The van der Waals surface area contributed by atoms with Gasteiger partial charge in [-0.15, -0.1) is 0 Å². The van der Waals surface area contributed by atoms with Crippen molar-refractivity contribution < 1.29 is 9.53 Å². The Bertz CT molecular complexity index is 788. The van der Waals surface area contributed by atoms with Gasteiger partial charge >= 0.3 is 0 Å². The average molecular weight is 367 g/mol. The van der Waals surface area contributed by atoms with Crippen molar-refractivity contribution in [2.24, 2.45) is 0 Å². The number of ether oxygens (including phenoxy) is 1. The highest BCUT2D eigenvalue weighted by Crippen LogP contribution is 2.26. The van der Waals surface area contributed by atoms with E-state index in [1.807, 2.05) is 32.0 Å². The summed E-state index contributed by atoms with van der Waals surface area (Å²) in [6, 6.07) is 14.7. The first kappa shape index (κ1) is 19.3. The molecule has 4 nitrogen and oxygen atoms in total. The van der Waals surface area contributed by atoms with Crippen LogP contribution in [0.1, 0.15) is 36.5 Å². The predicted molar refractivity (Wildman–Crippen MR) is 111 cm³/mol. The Morgan fingerprint density at radius 1 is 1.22 bits per heavy atom. The van der Waals surface area contributed by atoms with Crippen molar-refractivity contribution in [3.05, 3.63) is 59.2 Å². The quantitative estimate of drug-likeness (QED) is 0.752. The number of rotatable bonds is 7. The number of carbonyl (C=O) groups excluding carboxylic acids is 1. The van der Waals surface area contributed by atoms with E-state index < -0.39 is 6.10 Å². The van der Waals surface area contributed by atoms with E-state index in [4.69, 9.17) is 4.74 Å². The zero-order valence-corrected chi connectivity index (χ0v) is 16.6. The summed E-state index contributed by atoms with van der Waals surface area (Å²) in [5.41, 5.74) is 4.96. The van der Waals surface area contributed by atoms with E-state index in [1.54, 1.807) is 6.92 Å². The summed E-state index contributed by atoms with van der Waals surface area (Å²) in [5.74, 6) is 0.720. The van der Waals surface area contributed by atoms with Gasteiger partial charge in [-0.3, -0.25) is 4.79 Å². The molecule has 0 aliphatic carbocycles. The second-order valence-corrected chi connectivity index (χ2v) is 7.39. The van der Waals surface area contributed by atoms with Gasteiger partial charge in [0.2, 0.25) is 0 Å². The highest BCUT2D eigenvalue weighted by atomic mass is 16.5. The topological polar surface area (TPSA) is 41.6 Å². The summed E-state index contributed by atoms with van der Waals surface area (Å²) in [4.78, 5) is 14.8. The van der Waals surface area contributed by atoms with Gasteiger partial charge in [0.25, 0.3) is 5.91 Å². The van der Waals surface area contributed by atoms with Gasteiger partial charge in [-0.2, -0.15) is 0 Å². The van der Waals surface area contributed by atoms with Crippen LogP contribution in [0.5, 0.6) is 5.75 Å². The van der Waals surface area contributed by atoms with Crippen LogP contribution in [0.25, 0.3) is 0 Å². The molecule has 27 heavy (non-hydrogen) atoms. The van der Waals surface area contributed by atoms with E-state index in [1.165, 1.54) is 17.7 Å². The summed E-state index contributed by atoms with van der Waals surface area (Å²) in [6.07, 6.45) is 2.79. The maximum Gasteiger partial charge on any atom is 0.260 e. The minimum atomic E-state index is -0.499. The molecule has 1 amide bonds. The van der Waals surface area contributed by atoms with Crippen molar-refractivity contribution in [2.45, 2.75) is 46.1 Å². The summed E-state index contributed by atoms with van der Waals surface area (Å²) in [5, 5.41) is 3.01. The molecule has 1 unspecified atom stereocenters. The number of aryl methyl sites for hydroxylation is 3. The van der Waals surface area contributed by atoms with Crippen LogP contribution in [0.4, 0.5) is 5.69 Å². The Morgan fingerprint density at radius 2 is 2.04 bits per heavy atom. The standard InChI is InChI=1S/C23H30N2O2/c1-17-11-12-18(2)22(16-17)27-19(3)23(26)24-13-7-15-25-14-6-9-20-8-4-5-10-21(20)25/h4-5,8,10-12,16,19H,6-7,9,13-15H2,1-3H3,(H,24,26). The highest BCUT2D eigenvalue weighted by molar-refractivity contribution is 5.80. The highest BCUT2D eigenvalue weighted by Gasteiger charge is 2.17. The Morgan fingerprint density at radius 3 is 2.89 bits per heavy atom. The number of hydrogen-bond donors (Lipinski definition) is 1. The lowest BCUT2D eigenvalue weighted by Gasteiger charge is -2.31. The van der Waals surface area contributed by atoms with E-state index >= 15 is 0 Å². The summed E-state index contributed by atoms with van der Waals surface area (Å²) < 4.78 is 5.86. The van der Waals surface area contributed by atoms with Crippen LogP contribution in [0.2, 0.25) is 0 Å². The molecule has 144 valence electrons. The van der Waals surface area contributed by atoms with Crippen LogP contribution in [0.15, 0.2) is 42.5 Å². The fourth-order valence-corrected chi connectivity index (χ4v) is 3.55. The van der Waals surface area contributed by atoms with Gasteiger partial charge in [0.15, 0.2) is 6.10 Å². The van der Waals surface area contributed by atoms with E-state index in [9.17, 15) is 4.79 Å². The molecule has 0 saturated carbocycles. The van der Waals surface area contributed by atoms with Gasteiger partial charge in [0, 0.05) is 25.3 Å². The van der Waals surface area contributed by atoms with Gasteiger partial charge < -0.3 is 15.0 Å².